The zero-order chi connectivity index (χ0) is 19.2. The first-order valence-corrected chi connectivity index (χ1v) is 7.32. The van der Waals surface area contributed by atoms with E-state index in [1.54, 1.807) is 14.1 Å². The van der Waals surface area contributed by atoms with E-state index in [0.29, 0.717) is 11.3 Å². The Kier molecular flexibility index (Phi) is 12.2. The summed E-state index contributed by atoms with van der Waals surface area (Å²) in [7, 11) is 5.94. The Morgan fingerprint density at radius 3 is 1.19 bits per heavy atom. The quantitative estimate of drug-likeness (QED) is 0.212. The summed E-state index contributed by atoms with van der Waals surface area (Å²) in [5.74, 6) is 0. The molecule has 0 fully saturated rings. The number of aryl methyl sites for hydroxylation is 2. The average molecular weight is 493 g/mol. The van der Waals surface area contributed by atoms with Crippen LogP contribution in [0.3, 0.4) is 0 Å². The smallest absolute Gasteiger partial charge is 0.457 e. The van der Waals surface area contributed by atoms with E-state index in [9.17, 15) is 19.2 Å². The zero-order valence-electron chi connectivity index (χ0n) is 17.0. The maximum absolute atomic E-state index is 11.4. The maximum Gasteiger partial charge on any atom is 2.00 e. The van der Waals surface area contributed by atoms with E-state index in [-0.39, 0.29) is 49.7 Å². The second-order valence-corrected chi connectivity index (χ2v) is 5.50. The Balaban J connectivity index is -0.000000436. The number of rotatable bonds is 0. The molecule has 0 spiro atoms. The molecule has 0 bridgehead atoms. The summed E-state index contributed by atoms with van der Waals surface area (Å²) in [5.41, 5.74) is -0.488. The molecule has 0 saturated heterocycles. The predicted molar refractivity (Wildman–Crippen MR) is 111 cm³/mol. The van der Waals surface area contributed by atoms with Crippen LogP contribution in [0.1, 0.15) is 0 Å². The van der Waals surface area contributed by atoms with Gasteiger partial charge in [0.2, 0.25) is 0 Å². The largest absolute Gasteiger partial charge is 2.00 e. The molecular formula is C14H26CoN8O8+4. The van der Waals surface area contributed by atoms with E-state index < -0.39 is 22.5 Å². The normalized spacial score (nSPS) is 9.16. The van der Waals surface area contributed by atoms with Crippen LogP contribution in [-0.2, 0) is 66.9 Å². The standard InChI is InChI=1S/2C7H8N4O2.Co.4H2O/c2*1-10-5-4(8-3-9-5)6(12)11(2)7(10)13;;;;;/h2*3H,1-2H3,(H,8,9,12);;4*1H2/q;;+2;;;;/p+2. The monoisotopic (exact) mass is 493 g/mol. The first-order chi connectivity index (χ1) is 12.3. The molecular weight excluding hydrogens is 467 g/mol. The van der Waals surface area contributed by atoms with E-state index in [0.717, 1.165) is 9.13 Å². The molecule has 0 atom stereocenters. The predicted octanol–water partition coefficient (Wildman–Crippen LogP) is -6.51. The van der Waals surface area contributed by atoms with Crippen LogP contribution in [0, 0.1) is 0 Å². The fraction of sp³-hybridized carbons (Fsp3) is 0.286. The van der Waals surface area contributed by atoms with E-state index in [4.69, 9.17) is 0 Å². The molecule has 0 unspecified atom stereocenters. The Bertz CT molecular complexity index is 1270. The van der Waals surface area contributed by atoms with Gasteiger partial charge >= 0.3 is 28.2 Å². The van der Waals surface area contributed by atoms with Crippen molar-refractivity contribution >= 4 is 22.3 Å². The molecule has 0 aliphatic rings. The van der Waals surface area contributed by atoms with Gasteiger partial charge in [-0.05, 0) is 0 Å². The van der Waals surface area contributed by atoms with Gasteiger partial charge in [0, 0.05) is 50.5 Å². The van der Waals surface area contributed by atoms with Gasteiger partial charge in [0.05, 0.1) is 0 Å². The van der Waals surface area contributed by atoms with Crippen LogP contribution in [0.4, 0.5) is 0 Å². The molecule has 4 rings (SSSR count). The van der Waals surface area contributed by atoms with Gasteiger partial charge in [-0.2, -0.15) is 0 Å². The topological polar surface area (TPSA) is 274 Å². The molecule has 1 radical (unpaired) electrons. The molecule has 12 N–H and O–H groups in total. The summed E-state index contributed by atoms with van der Waals surface area (Å²) in [6, 6.07) is 0. The molecule has 0 aliphatic carbocycles. The van der Waals surface area contributed by atoms with Gasteiger partial charge in [-0.1, -0.05) is 12.7 Å². The molecule has 0 amide bonds. The van der Waals surface area contributed by atoms with Crippen molar-refractivity contribution in [3.05, 3.63) is 54.3 Å². The van der Waals surface area contributed by atoms with Crippen molar-refractivity contribution in [2.75, 3.05) is 0 Å². The van der Waals surface area contributed by atoms with Crippen LogP contribution in [0.15, 0.2) is 31.8 Å². The third-order valence-electron chi connectivity index (χ3n) is 3.95. The van der Waals surface area contributed by atoms with Gasteiger partial charge in [0.15, 0.2) is 0 Å². The summed E-state index contributed by atoms with van der Waals surface area (Å²) >= 11 is 0. The number of imidazole rings is 2. The SMILES string of the molecule is Cn1c(=O)c2[n-]cnc2n(C)c1=O.Cn1c(=O)c2[n-]cnc2n(C)c1=O.[Co+2].[OH3+].[OH3+].[OH3+].[OH3+]. The second kappa shape index (κ2) is 11.7. The molecule has 0 saturated carbocycles. The molecule has 0 aliphatic heterocycles. The molecule has 17 heteroatoms. The molecule has 0 aromatic carbocycles. The van der Waals surface area contributed by atoms with Crippen LogP contribution in [0.5, 0.6) is 0 Å². The Morgan fingerprint density at radius 2 is 0.903 bits per heavy atom. The van der Waals surface area contributed by atoms with Crippen LogP contribution in [-0.4, -0.2) is 28.2 Å². The Morgan fingerprint density at radius 1 is 0.613 bits per heavy atom. The first-order valence-electron chi connectivity index (χ1n) is 7.32. The minimum atomic E-state index is -0.407. The number of hydrogen-bond donors (Lipinski definition) is 0. The summed E-state index contributed by atoms with van der Waals surface area (Å²) in [5, 5.41) is 0. The van der Waals surface area contributed by atoms with Crippen molar-refractivity contribution in [2.24, 2.45) is 28.2 Å². The second-order valence-electron chi connectivity index (χ2n) is 5.50. The van der Waals surface area contributed by atoms with Gasteiger partial charge in [-0.25, -0.2) is 9.59 Å². The zero-order valence-corrected chi connectivity index (χ0v) is 18.0. The molecule has 175 valence electrons. The summed E-state index contributed by atoms with van der Waals surface area (Å²) < 4.78 is 4.61. The van der Waals surface area contributed by atoms with E-state index >= 15 is 0 Å². The van der Waals surface area contributed by atoms with Crippen molar-refractivity contribution in [2.45, 2.75) is 0 Å². The molecule has 16 nitrogen and oxygen atoms in total. The fourth-order valence-corrected chi connectivity index (χ4v) is 2.44. The van der Waals surface area contributed by atoms with Gasteiger partial charge in [-0.15, -0.1) is 0 Å². The summed E-state index contributed by atoms with van der Waals surface area (Å²) in [6.45, 7) is 0. The average Bonchev–Trinajstić information content (AvgIpc) is 3.31. The van der Waals surface area contributed by atoms with E-state index in [1.807, 2.05) is 0 Å². The number of fused-ring (bicyclic) bond motifs is 2. The summed E-state index contributed by atoms with van der Waals surface area (Å²) in [6.07, 6.45) is 2.54. The minimum Gasteiger partial charge on any atom is -0.457 e. The number of nitrogens with zero attached hydrogens (tertiary/aromatic N) is 8. The van der Waals surface area contributed by atoms with Gasteiger partial charge in [-0.3, -0.25) is 27.9 Å². The molecule has 4 heterocycles. The fourth-order valence-electron chi connectivity index (χ4n) is 2.44. The van der Waals surface area contributed by atoms with Crippen LogP contribution < -0.4 is 32.5 Å². The number of hydrogen-bond acceptors (Lipinski definition) is 6. The van der Waals surface area contributed by atoms with E-state index in [1.165, 1.54) is 35.9 Å². The van der Waals surface area contributed by atoms with Gasteiger partial charge in [0.1, 0.15) is 0 Å². The minimum absolute atomic E-state index is 0. The van der Waals surface area contributed by atoms with Crippen LogP contribution in [0.2, 0.25) is 0 Å². The van der Waals surface area contributed by atoms with Gasteiger partial charge < -0.3 is 41.8 Å². The van der Waals surface area contributed by atoms with Crippen molar-refractivity contribution in [1.29, 1.82) is 0 Å². The van der Waals surface area contributed by atoms with E-state index in [2.05, 4.69) is 19.9 Å². The Hall–Kier alpha value is -3.35. The van der Waals surface area contributed by atoms with Gasteiger partial charge in [0.25, 0.3) is 11.1 Å². The van der Waals surface area contributed by atoms with Crippen molar-refractivity contribution in [1.82, 2.24) is 38.2 Å². The molecule has 4 aromatic heterocycles. The number of aromatic nitrogens is 8. The van der Waals surface area contributed by atoms with Crippen molar-refractivity contribution in [3.8, 4) is 0 Å². The molecule has 4 aromatic rings. The summed E-state index contributed by atoms with van der Waals surface area (Å²) in [4.78, 5) is 60.7. The molecule has 31 heavy (non-hydrogen) atoms. The Labute approximate surface area is 182 Å². The van der Waals surface area contributed by atoms with Crippen LogP contribution in [0.25, 0.3) is 22.3 Å². The first kappa shape index (κ1) is 32.3. The third-order valence-corrected chi connectivity index (χ3v) is 3.95. The van der Waals surface area contributed by atoms with Crippen LogP contribution >= 0.6 is 0 Å². The van der Waals surface area contributed by atoms with Crippen molar-refractivity contribution in [3.63, 3.8) is 0 Å². The maximum atomic E-state index is 11.4. The van der Waals surface area contributed by atoms with Crippen molar-refractivity contribution < 1.29 is 38.7 Å². The third kappa shape index (κ3) is 5.04.